The van der Waals surface area contributed by atoms with Crippen LogP contribution < -0.4 is 5.32 Å². The third kappa shape index (κ3) is 6.02. The van der Waals surface area contributed by atoms with Crippen LogP contribution in [0.25, 0.3) is 0 Å². The summed E-state index contributed by atoms with van der Waals surface area (Å²) in [5.74, 6) is -0.597. The Kier molecular flexibility index (Phi) is 7.77. The smallest absolute Gasteiger partial charge is 0.338 e. The van der Waals surface area contributed by atoms with Crippen LogP contribution in [0.5, 0.6) is 0 Å². The molecule has 30 heavy (non-hydrogen) atoms. The van der Waals surface area contributed by atoms with Gasteiger partial charge >= 0.3 is 5.97 Å². The molecule has 0 saturated heterocycles. The van der Waals surface area contributed by atoms with Gasteiger partial charge in [-0.15, -0.1) is 0 Å². The summed E-state index contributed by atoms with van der Waals surface area (Å²) in [5.41, 5.74) is 4.34. The summed E-state index contributed by atoms with van der Waals surface area (Å²) in [6, 6.07) is 12.5. The van der Waals surface area contributed by atoms with E-state index in [0.29, 0.717) is 23.4 Å². The second-order valence-corrected chi connectivity index (χ2v) is 7.73. The van der Waals surface area contributed by atoms with Crippen LogP contribution in [0.2, 0.25) is 0 Å². The number of hydrogen-bond acceptors (Lipinski definition) is 4. The average molecular weight is 408 g/mol. The van der Waals surface area contributed by atoms with Crippen molar-refractivity contribution in [3.05, 3.63) is 64.7 Å². The van der Waals surface area contributed by atoms with Crippen LogP contribution in [-0.2, 0) is 22.4 Å². The molecule has 0 unspecified atom stereocenters. The maximum Gasteiger partial charge on any atom is 0.338 e. The fraction of sp³-hybridized carbons (Fsp3) is 0.400. The number of nitrogens with one attached hydrogen (secondary N) is 1. The second kappa shape index (κ2) is 10.7. The molecule has 5 heteroatoms. The molecule has 5 nitrogen and oxygen atoms in total. The molecule has 2 aromatic carbocycles. The number of ketones is 1. The quantitative estimate of drug-likeness (QED) is 0.356. The molecule has 1 aliphatic rings. The Bertz CT molecular complexity index is 902. The van der Waals surface area contributed by atoms with Crippen molar-refractivity contribution in [1.82, 2.24) is 0 Å². The topological polar surface area (TPSA) is 72.5 Å². The number of anilines is 1. The van der Waals surface area contributed by atoms with Crippen molar-refractivity contribution in [3.63, 3.8) is 0 Å². The van der Waals surface area contributed by atoms with Crippen molar-refractivity contribution in [2.45, 2.75) is 58.3 Å². The van der Waals surface area contributed by atoms with E-state index in [2.05, 4.69) is 11.4 Å². The van der Waals surface area contributed by atoms with E-state index in [9.17, 15) is 14.4 Å². The standard InChI is InChI=1S/C25H29NO4/c1-2-3-16-30-25(29)19-10-12-22(13-11-19)26-24(28)15-14-23(27)21-9-8-18-6-4-5-7-20(18)17-21/h8-13,17H,2-7,14-16H2,1H3,(H,26,28). The highest BCUT2D eigenvalue weighted by molar-refractivity contribution is 6.00. The number of benzene rings is 2. The lowest BCUT2D eigenvalue weighted by atomic mass is 9.89. The highest BCUT2D eigenvalue weighted by Crippen LogP contribution is 2.23. The van der Waals surface area contributed by atoms with Gasteiger partial charge in [0.15, 0.2) is 5.78 Å². The molecule has 0 atom stereocenters. The van der Waals surface area contributed by atoms with Crippen LogP contribution >= 0.6 is 0 Å². The number of rotatable bonds is 9. The molecule has 0 aliphatic heterocycles. The van der Waals surface area contributed by atoms with E-state index < -0.39 is 0 Å². The van der Waals surface area contributed by atoms with Gasteiger partial charge in [0, 0.05) is 24.1 Å². The van der Waals surface area contributed by atoms with Crippen LogP contribution in [-0.4, -0.2) is 24.3 Å². The normalized spacial score (nSPS) is 12.7. The Morgan fingerprint density at radius 1 is 0.900 bits per heavy atom. The molecule has 0 heterocycles. The summed E-state index contributed by atoms with van der Waals surface area (Å²) in [6.45, 7) is 2.44. The van der Waals surface area contributed by atoms with Crippen LogP contribution in [0, 0.1) is 0 Å². The fourth-order valence-electron chi connectivity index (χ4n) is 3.58. The van der Waals surface area contributed by atoms with Crippen LogP contribution in [0.1, 0.15) is 77.3 Å². The van der Waals surface area contributed by atoms with E-state index in [1.54, 1.807) is 24.3 Å². The maximum absolute atomic E-state index is 12.5. The first-order chi connectivity index (χ1) is 14.6. The Balaban J connectivity index is 1.47. The van der Waals surface area contributed by atoms with Crippen LogP contribution in [0.15, 0.2) is 42.5 Å². The molecule has 1 amide bonds. The monoisotopic (exact) mass is 407 g/mol. The van der Waals surface area contributed by atoms with Gasteiger partial charge in [0.2, 0.25) is 5.91 Å². The summed E-state index contributed by atoms with van der Waals surface area (Å²) < 4.78 is 5.17. The van der Waals surface area contributed by atoms with Gasteiger partial charge in [-0.05, 0) is 73.6 Å². The molecular formula is C25H29NO4. The number of amides is 1. The zero-order valence-corrected chi connectivity index (χ0v) is 17.5. The largest absolute Gasteiger partial charge is 0.462 e. The molecule has 0 saturated carbocycles. The van der Waals surface area contributed by atoms with Gasteiger partial charge in [-0.2, -0.15) is 0 Å². The van der Waals surface area contributed by atoms with Crippen molar-refractivity contribution < 1.29 is 19.1 Å². The Morgan fingerprint density at radius 2 is 1.60 bits per heavy atom. The van der Waals surface area contributed by atoms with Crippen LogP contribution in [0.4, 0.5) is 5.69 Å². The lowest BCUT2D eigenvalue weighted by Crippen LogP contribution is -2.14. The van der Waals surface area contributed by atoms with E-state index >= 15 is 0 Å². The first-order valence-corrected chi connectivity index (χ1v) is 10.8. The van der Waals surface area contributed by atoms with Gasteiger partial charge in [-0.3, -0.25) is 9.59 Å². The summed E-state index contributed by atoms with van der Waals surface area (Å²) in [4.78, 5) is 36.6. The SMILES string of the molecule is CCCCOC(=O)c1ccc(NC(=O)CCC(=O)c2ccc3c(c2)CCCC3)cc1. The number of aryl methyl sites for hydroxylation is 2. The van der Waals surface area contributed by atoms with Crippen molar-refractivity contribution >= 4 is 23.3 Å². The number of fused-ring (bicyclic) bond motifs is 1. The van der Waals surface area contributed by atoms with Gasteiger partial charge in [-0.1, -0.05) is 25.5 Å². The Morgan fingerprint density at radius 3 is 2.33 bits per heavy atom. The van der Waals surface area contributed by atoms with E-state index in [4.69, 9.17) is 4.74 Å². The molecule has 0 spiro atoms. The zero-order valence-electron chi connectivity index (χ0n) is 17.5. The number of carbonyl (C=O) groups is 3. The molecule has 0 fully saturated rings. The predicted molar refractivity (Wildman–Crippen MR) is 117 cm³/mol. The fourth-order valence-corrected chi connectivity index (χ4v) is 3.58. The number of Topliss-reactive ketones (excluding diaryl/α,β-unsaturated/α-hetero) is 1. The Hall–Kier alpha value is -2.95. The number of hydrogen-bond donors (Lipinski definition) is 1. The summed E-state index contributed by atoms with van der Waals surface area (Å²) in [7, 11) is 0. The summed E-state index contributed by atoms with van der Waals surface area (Å²) in [6.07, 6.45) is 6.59. The van der Waals surface area contributed by atoms with E-state index in [1.165, 1.54) is 24.0 Å². The highest BCUT2D eigenvalue weighted by Gasteiger charge is 2.14. The zero-order chi connectivity index (χ0) is 21.3. The lowest BCUT2D eigenvalue weighted by Gasteiger charge is -2.16. The first kappa shape index (κ1) is 21.8. The minimum atomic E-state index is -0.364. The number of carbonyl (C=O) groups excluding carboxylic acids is 3. The van der Waals surface area contributed by atoms with Crippen molar-refractivity contribution in [2.75, 3.05) is 11.9 Å². The molecule has 1 aliphatic carbocycles. The highest BCUT2D eigenvalue weighted by atomic mass is 16.5. The molecule has 1 N–H and O–H groups in total. The third-order valence-corrected chi connectivity index (χ3v) is 5.39. The molecule has 158 valence electrons. The van der Waals surface area contributed by atoms with E-state index in [0.717, 1.165) is 25.7 Å². The van der Waals surface area contributed by atoms with Gasteiger partial charge in [-0.25, -0.2) is 4.79 Å². The third-order valence-electron chi connectivity index (χ3n) is 5.39. The average Bonchev–Trinajstić information content (AvgIpc) is 2.77. The molecular weight excluding hydrogens is 378 g/mol. The van der Waals surface area contributed by atoms with Gasteiger partial charge < -0.3 is 10.1 Å². The number of unbranched alkanes of at least 4 members (excludes halogenated alkanes) is 1. The molecule has 0 bridgehead atoms. The van der Waals surface area contributed by atoms with Gasteiger partial charge in [0.25, 0.3) is 0 Å². The maximum atomic E-state index is 12.5. The van der Waals surface area contributed by atoms with Crippen molar-refractivity contribution in [3.8, 4) is 0 Å². The van der Waals surface area contributed by atoms with Crippen LogP contribution in [0.3, 0.4) is 0 Å². The number of esters is 1. The van der Waals surface area contributed by atoms with Crippen molar-refractivity contribution in [2.24, 2.45) is 0 Å². The van der Waals surface area contributed by atoms with E-state index in [-0.39, 0.29) is 30.5 Å². The lowest BCUT2D eigenvalue weighted by molar-refractivity contribution is -0.116. The second-order valence-electron chi connectivity index (χ2n) is 7.73. The molecule has 2 aromatic rings. The molecule has 3 rings (SSSR count). The number of ether oxygens (including phenoxy) is 1. The summed E-state index contributed by atoms with van der Waals surface area (Å²) in [5, 5.41) is 2.77. The first-order valence-electron chi connectivity index (χ1n) is 10.8. The molecule has 0 radical (unpaired) electrons. The van der Waals surface area contributed by atoms with E-state index in [1.807, 2.05) is 19.1 Å². The van der Waals surface area contributed by atoms with Gasteiger partial charge in [0.05, 0.1) is 12.2 Å². The minimum absolute atomic E-state index is 0.0105. The van der Waals surface area contributed by atoms with Gasteiger partial charge in [0.1, 0.15) is 0 Å². The molecule has 0 aromatic heterocycles. The van der Waals surface area contributed by atoms with Crippen molar-refractivity contribution in [1.29, 1.82) is 0 Å². The Labute approximate surface area is 177 Å². The minimum Gasteiger partial charge on any atom is -0.462 e. The summed E-state index contributed by atoms with van der Waals surface area (Å²) >= 11 is 0. The predicted octanol–water partition coefficient (Wildman–Crippen LogP) is 5.12.